The number of urea groups is 1. The third-order valence-corrected chi connectivity index (χ3v) is 3.78. The van der Waals surface area contributed by atoms with Gasteiger partial charge in [0.2, 0.25) is 5.91 Å². The molecule has 0 saturated carbocycles. The second kappa shape index (κ2) is 4.56. The highest BCUT2D eigenvalue weighted by Gasteiger charge is 2.29. The van der Waals surface area contributed by atoms with Crippen LogP contribution in [0.25, 0.3) is 0 Å². The highest BCUT2D eigenvalue weighted by atomic mass is 16.2. The topological polar surface area (TPSA) is 72.5 Å². The summed E-state index contributed by atoms with van der Waals surface area (Å²) in [5.41, 5.74) is 2.19. The van der Waals surface area contributed by atoms with Gasteiger partial charge in [-0.25, -0.2) is 4.79 Å². The van der Waals surface area contributed by atoms with Gasteiger partial charge in [0.25, 0.3) is 0 Å². The SMILES string of the molecule is CN1CCN(CC(=O)N2CCc3[nH]ncc3C2)C1=O. The summed E-state index contributed by atoms with van der Waals surface area (Å²) in [6.07, 6.45) is 2.57. The maximum absolute atomic E-state index is 12.2. The van der Waals surface area contributed by atoms with Crippen LogP contribution < -0.4 is 0 Å². The summed E-state index contributed by atoms with van der Waals surface area (Å²) in [5.74, 6) is 0.00972. The molecule has 0 spiro atoms. The third-order valence-electron chi connectivity index (χ3n) is 3.78. The standard InChI is InChI=1S/C12H17N5O2/c1-15-4-5-17(12(15)19)8-11(18)16-3-2-10-9(7-16)6-13-14-10/h6H,2-5,7-8H2,1H3,(H,13,14). The molecular weight excluding hydrogens is 246 g/mol. The number of rotatable bonds is 2. The Hall–Kier alpha value is -2.05. The zero-order valence-corrected chi connectivity index (χ0v) is 10.9. The van der Waals surface area contributed by atoms with Gasteiger partial charge in [-0.3, -0.25) is 9.89 Å². The molecule has 3 amide bonds. The number of carbonyl (C=O) groups is 2. The number of amides is 3. The fraction of sp³-hybridized carbons (Fsp3) is 0.583. The van der Waals surface area contributed by atoms with Crippen molar-refractivity contribution in [2.24, 2.45) is 0 Å². The molecule has 3 rings (SSSR count). The van der Waals surface area contributed by atoms with Gasteiger partial charge in [-0.05, 0) is 0 Å². The molecule has 0 aromatic carbocycles. The van der Waals surface area contributed by atoms with Crippen LogP contribution in [0.1, 0.15) is 11.3 Å². The number of hydrogen-bond acceptors (Lipinski definition) is 3. The highest BCUT2D eigenvalue weighted by molar-refractivity contribution is 5.85. The molecule has 2 aliphatic heterocycles. The lowest BCUT2D eigenvalue weighted by atomic mass is 10.1. The smallest absolute Gasteiger partial charge is 0.320 e. The fourth-order valence-corrected chi connectivity index (χ4v) is 2.55. The molecule has 102 valence electrons. The van der Waals surface area contributed by atoms with Gasteiger partial charge in [-0.1, -0.05) is 0 Å². The van der Waals surface area contributed by atoms with Gasteiger partial charge in [-0.2, -0.15) is 5.10 Å². The molecule has 0 radical (unpaired) electrons. The summed E-state index contributed by atoms with van der Waals surface area (Å²) < 4.78 is 0. The van der Waals surface area contributed by atoms with E-state index in [1.165, 1.54) is 0 Å². The molecule has 0 bridgehead atoms. The van der Waals surface area contributed by atoms with Gasteiger partial charge < -0.3 is 14.7 Å². The van der Waals surface area contributed by atoms with Crippen LogP contribution in [0.2, 0.25) is 0 Å². The number of carbonyl (C=O) groups excluding carboxylic acids is 2. The van der Waals surface area contributed by atoms with Crippen LogP contribution in [-0.2, 0) is 17.8 Å². The lowest BCUT2D eigenvalue weighted by Gasteiger charge is -2.28. The number of nitrogens with one attached hydrogen (secondary N) is 1. The lowest BCUT2D eigenvalue weighted by molar-refractivity contribution is -0.132. The number of likely N-dealkylation sites (N-methyl/N-ethyl adjacent to an activating group) is 1. The van der Waals surface area contributed by atoms with E-state index >= 15 is 0 Å². The normalized spacial score (nSPS) is 19.0. The van der Waals surface area contributed by atoms with Gasteiger partial charge in [-0.15, -0.1) is 0 Å². The Balaban J connectivity index is 1.61. The molecule has 0 atom stereocenters. The zero-order valence-electron chi connectivity index (χ0n) is 10.9. The Morgan fingerprint density at radius 2 is 2.26 bits per heavy atom. The van der Waals surface area contributed by atoms with Crippen molar-refractivity contribution >= 4 is 11.9 Å². The van der Waals surface area contributed by atoms with Crippen molar-refractivity contribution < 1.29 is 9.59 Å². The van der Waals surface area contributed by atoms with E-state index in [-0.39, 0.29) is 18.5 Å². The Morgan fingerprint density at radius 1 is 1.42 bits per heavy atom. The van der Waals surface area contributed by atoms with Crippen molar-refractivity contribution in [3.63, 3.8) is 0 Å². The molecule has 0 unspecified atom stereocenters. The molecule has 2 aliphatic rings. The monoisotopic (exact) mass is 263 g/mol. The van der Waals surface area contributed by atoms with Crippen molar-refractivity contribution in [2.75, 3.05) is 33.2 Å². The van der Waals surface area contributed by atoms with Gasteiger partial charge in [0, 0.05) is 50.9 Å². The van der Waals surface area contributed by atoms with E-state index in [0.717, 1.165) is 17.7 Å². The summed E-state index contributed by atoms with van der Waals surface area (Å²) in [6, 6.07) is -0.0608. The van der Waals surface area contributed by atoms with Gasteiger partial charge in [0.15, 0.2) is 0 Å². The minimum atomic E-state index is -0.0608. The molecule has 1 saturated heterocycles. The second-order valence-electron chi connectivity index (χ2n) is 5.06. The van der Waals surface area contributed by atoms with Crippen LogP contribution in [0.3, 0.4) is 0 Å². The minimum absolute atomic E-state index is 0.00972. The predicted octanol–water partition coefficient (Wildman–Crippen LogP) is -0.338. The summed E-state index contributed by atoms with van der Waals surface area (Å²) >= 11 is 0. The molecule has 7 nitrogen and oxygen atoms in total. The van der Waals surface area contributed by atoms with E-state index < -0.39 is 0 Å². The summed E-state index contributed by atoms with van der Waals surface area (Å²) in [5, 5.41) is 6.93. The van der Waals surface area contributed by atoms with Crippen molar-refractivity contribution in [3.05, 3.63) is 17.5 Å². The lowest BCUT2D eigenvalue weighted by Crippen LogP contribution is -2.43. The van der Waals surface area contributed by atoms with Crippen molar-refractivity contribution in [2.45, 2.75) is 13.0 Å². The maximum Gasteiger partial charge on any atom is 0.320 e. The van der Waals surface area contributed by atoms with E-state index in [2.05, 4.69) is 10.2 Å². The Morgan fingerprint density at radius 3 is 3.00 bits per heavy atom. The zero-order chi connectivity index (χ0) is 13.4. The van der Waals surface area contributed by atoms with Crippen molar-refractivity contribution in [1.82, 2.24) is 24.9 Å². The first-order chi connectivity index (χ1) is 9.15. The molecule has 19 heavy (non-hydrogen) atoms. The van der Waals surface area contributed by atoms with Gasteiger partial charge >= 0.3 is 6.03 Å². The highest BCUT2D eigenvalue weighted by Crippen LogP contribution is 2.16. The Labute approximate surface area is 111 Å². The number of aromatic nitrogens is 2. The number of H-pyrrole nitrogens is 1. The van der Waals surface area contributed by atoms with E-state index in [1.807, 2.05) is 0 Å². The first-order valence-electron chi connectivity index (χ1n) is 6.44. The molecule has 1 aromatic rings. The number of nitrogens with zero attached hydrogens (tertiary/aromatic N) is 4. The second-order valence-corrected chi connectivity index (χ2v) is 5.06. The number of fused-ring (bicyclic) bond motifs is 1. The van der Waals surface area contributed by atoms with Crippen LogP contribution in [0.4, 0.5) is 4.79 Å². The Bertz CT molecular complexity index is 512. The van der Waals surface area contributed by atoms with Crippen molar-refractivity contribution in [1.29, 1.82) is 0 Å². The van der Waals surface area contributed by atoms with Crippen LogP contribution in [0.15, 0.2) is 6.20 Å². The molecule has 1 aromatic heterocycles. The molecular formula is C12H17N5O2. The van der Waals surface area contributed by atoms with Crippen LogP contribution in [0.5, 0.6) is 0 Å². The molecule has 0 aliphatic carbocycles. The van der Waals surface area contributed by atoms with Gasteiger partial charge in [0.1, 0.15) is 6.54 Å². The van der Waals surface area contributed by atoms with E-state index in [9.17, 15) is 9.59 Å². The number of hydrogen-bond donors (Lipinski definition) is 1. The maximum atomic E-state index is 12.2. The first kappa shape index (κ1) is 12.0. The molecule has 7 heteroatoms. The van der Waals surface area contributed by atoms with Gasteiger partial charge in [0.05, 0.1) is 6.20 Å². The van der Waals surface area contributed by atoms with E-state index in [4.69, 9.17) is 0 Å². The van der Waals surface area contributed by atoms with Crippen LogP contribution in [-0.4, -0.2) is 70.1 Å². The van der Waals surface area contributed by atoms with Crippen LogP contribution >= 0.6 is 0 Å². The largest absolute Gasteiger partial charge is 0.336 e. The average molecular weight is 263 g/mol. The molecule has 3 heterocycles. The molecule has 1 N–H and O–H groups in total. The molecule has 1 fully saturated rings. The summed E-state index contributed by atoms with van der Waals surface area (Å²) in [7, 11) is 1.76. The fourth-order valence-electron chi connectivity index (χ4n) is 2.55. The van der Waals surface area contributed by atoms with Crippen LogP contribution in [0, 0.1) is 0 Å². The third kappa shape index (κ3) is 2.16. The summed E-state index contributed by atoms with van der Waals surface area (Å²) in [6.45, 7) is 2.77. The minimum Gasteiger partial charge on any atom is -0.336 e. The quantitative estimate of drug-likeness (QED) is 0.793. The van der Waals surface area contributed by atoms with Crippen molar-refractivity contribution in [3.8, 4) is 0 Å². The van der Waals surface area contributed by atoms with E-state index in [1.54, 1.807) is 27.9 Å². The predicted molar refractivity (Wildman–Crippen MR) is 67.3 cm³/mol. The van der Waals surface area contributed by atoms with E-state index in [0.29, 0.717) is 26.2 Å². The Kier molecular flexibility index (Phi) is 2.88. The summed E-state index contributed by atoms with van der Waals surface area (Å²) in [4.78, 5) is 29.0. The average Bonchev–Trinajstić information content (AvgIpc) is 2.99. The first-order valence-corrected chi connectivity index (χ1v) is 6.44. The number of aromatic amines is 1.